The molecule has 2 rings (SSSR count). The first-order valence-electron chi connectivity index (χ1n) is 6.87. The van der Waals surface area contributed by atoms with E-state index in [1.54, 1.807) is 13.3 Å². The Hall–Kier alpha value is -1.21. The fraction of sp³-hybridized carbons (Fsp3) is 0.400. The summed E-state index contributed by atoms with van der Waals surface area (Å²) in [5.74, 6) is 5.76. The Morgan fingerprint density at radius 1 is 1.38 bits per heavy atom. The highest BCUT2D eigenvalue weighted by Gasteiger charge is 2.19. The van der Waals surface area contributed by atoms with Gasteiger partial charge in [-0.3, -0.25) is 16.0 Å². The zero-order valence-corrected chi connectivity index (χ0v) is 13.9. The number of ether oxygens (including phenoxy) is 1. The number of nitrogens with two attached hydrogens (primary N) is 1. The van der Waals surface area contributed by atoms with Crippen LogP contribution in [0.5, 0.6) is 0 Å². The lowest BCUT2D eigenvalue weighted by Gasteiger charge is -2.19. The maximum Gasteiger partial charge on any atom is 0.0713 e. The van der Waals surface area contributed by atoms with Gasteiger partial charge in [-0.1, -0.05) is 29.8 Å². The van der Waals surface area contributed by atoms with Crippen LogP contribution in [-0.4, -0.2) is 23.5 Å². The summed E-state index contributed by atoms with van der Waals surface area (Å²) >= 11 is 3.56. The van der Waals surface area contributed by atoms with Gasteiger partial charge in [0.1, 0.15) is 0 Å². The van der Waals surface area contributed by atoms with Crippen LogP contribution in [0.4, 0.5) is 0 Å². The van der Waals surface area contributed by atoms with Crippen LogP contribution in [0.2, 0.25) is 0 Å². The van der Waals surface area contributed by atoms with Gasteiger partial charge in [0, 0.05) is 7.11 Å². The summed E-state index contributed by atoms with van der Waals surface area (Å²) in [5.41, 5.74) is 6.41. The average Bonchev–Trinajstić information content (AvgIpc) is 2.85. The molecule has 1 aromatic heterocycles. The Labute approximate surface area is 133 Å². The number of hydrogen-bond donors (Lipinski definition) is 2. The van der Waals surface area contributed by atoms with E-state index in [1.807, 2.05) is 4.68 Å². The molecule has 6 heteroatoms. The summed E-state index contributed by atoms with van der Waals surface area (Å²) in [6, 6.07) is 8.47. The molecule has 0 saturated heterocycles. The molecule has 2 aromatic rings. The second-order valence-corrected chi connectivity index (χ2v) is 5.86. The number of hydrogen-bond acceptors (Lipinski definition) is 4. The van der Waals surface area contributed by atoms with Gasteiger partial charge in [0.15, 0.2) is 0 Å². The molecule has 0 aliphatic heterocycles. The van der Waals surface area contributed by atoms with Crippen molar-refractivity contribution in [3.8, 4) is 0 Å². The maximum absolute atomic E-state index is 5.76. The highest BCUT2D eigenvalue weighted by Crippen LogP contribution is 2.25. The number of methoxy groups -OCH3 is 1. The highest BCUT2D eigenvalue weighted by atomic mass is 79.9. The molecule has 0 radical (unpaired) electrons. The molecule has 1 aromatic carbocycles. The maximum atomic E-state index is 5.76. The van der Waals surface area contributed by atoms with Crippen molar-refractivity contribution in [1.29, 1.82) is 0 Å². The molecular formula is C15H21BrN4O. The molecule has 0 amide bonds. The third-order valence-corrected chi connectivity index (χ3v) is 4.04. The first kappa shape index (κ1) is 16.2. The van der Waals surface area contributed by atoms with Crippen molar-refractivity contribution in [2.45, 2.75) is 25.9 Å². The Bertz CT molecular complexity index is 568. The van der Waals surface area contributed by atoms with Gasteiger partial charge in [0.05, 0.1) is 35.6 Å². The third-order valence-electron chi connectivity index (χ3n) is 3.43. The van der Waals surface area contributed by atoms with Crippen LogP contribution >= 0.6 is 15.9 Å². The molecular weight excluding hydrogens is 332 g/mol. The fourth-order valence-corrected chi connectivity index (χ4v) is 2.84. The monoisotopic (exact) mass is 352 g/mol. The lowest BCUT2D eigenvalue weighted by Crippen LogP contribution is -2.32. The number of nitrogens with one attached hydrogen (secondary N) is 1. The minimum atomic E-state index is -0.0126. The zero-order chi connectivity index (χ0) is 15.2. The number of aryl methyl sites for hydroxylation is 1. The lowest BCUT2D eigenvalue weighted by atomic mass is 10.0. The standard InChI is InChI=1S/C15H21BrN4O/c1-11-3-5-12(6-4-11)9-14(19-17)15-13(16)10-18-20(15)7-8-21-2/h3-6,10,14,19H,7-9,17H2,1-2H3. The van der Waals surface area contributed by atoms with Gasteiger partial charge in [-0.05, 0) is 34.8 Å². The number of rotatable bonds is 7. The second kappa shape index (κ2) is 7.70. The van der Waals surface area contributed by atoms with Gasteiger partial charge in [0.2, 0.25) is 0 Å². The van der Waals surface area contributed by atoms with E-state index in [0.717, 1.165) is 16.6 Å². The molecule has 0 fully saturated rings. The average molecular weight is 353 g/mol. The van der Waals surface area contributed by atoms with Crippen LogP contribution in [0.3, 0.4) is 0 Å². The van der Waals surface area contributed by atoms with Crippen LogP contribution in [0.15, 0.2) is 34.9 Å². The second-order valence-electron chi connectivity index (χ2n) is 5.00. The van der Waals surface area contributed by atoms with Gasteiger partial charge in [0.25, 0.3) is 0 Å². The Morgan fingerprint density at radius 3 is 2.71 bits per heavy atom. The van der Waals surface area contributed by atoms with Crippen LogP contribution in [-0.2, 0) is 17.7 Å². The molecule has 3 N–H and O–H groups in total. The normalized spacial score (nSPS) is 12.6. The van der Waals surface area contributed by atoms with Crippen molar-refractivity contribution < 1.29 is 4.74 Å². The quantitative estimate of drug-likeness (QED) is 0.592. The van der Waals surface area contributed by atoms with E-state index in [0.29, 0.717) is 13.2 Å². The van der Waals surface area contributed by atoms with Crippen molar-refractivity contribution in [3.63, 3.8) is 0 Å². The predicted molar refractivity (Wildman–Crippen MR) is 86.8 cm³/mol. The number of aromatic nitrogens is 2. The van der Waals surface area contributed by atoms with Crippen LogP contribution < -0.4 is 11.3 Å². The van der Waals surface area contributed by atoms with Crippen molar-refractivity contribution in [2.24, 2.45) is 5.84 Å². The topological polar surface area (TPSA) is 65.1 Å². The summed E-state index contributed by atoms with van der Waals surface area (Å²) in [6.07, 6.45) is 2.60. The van der Waals surface area contributed by atoms with E-state index in [2.05, 4.69) is 57.6 Å². The molecule has 0 bridgehead atoms. The molecule has 1 heterocycles. The summed E-state index contributed by atoms with van der Waals surface area (Å²) in [7, 11) is 1.68. The van der Waals surface area contributed by atoms with E-state index in [9.17, 15) is 0 Å². The summed E-state index contributed by atoms with van der Waals surface area (Å²) in [6.45, 7) is 3.39. The summed E-state index contributed by atoms with van der Waals surface area (Å²) in [4.78, 5) is 0. The smallest absolute Gasteiger partial charge is 0.0713 e. The van der Waals surface area contributed by atoms with Crippen LogP contribution in [0, 0.1) is 6.92 Å². The van der Waals surface area contributed by atoms with Crippen molar-refractivity contribution in [3.05, 3.63) is 51.8 Å². The summed E-state index contributed by atoms with van der Waals surface area (Å²) in [5, 5.41) is 4.37. The molecule has 0 spiro atoms. The molecule has 21 heavy (non-hydrogen) atoms. The SMILES string of the molecule is COCCn1ncc(Br)c1C(Cc1ccc(C)cc1)NN. The molecule has 0 aliphatic rings. The van der Waals surface area contributed by atoms with Crippen molar-refractivity contribution in [2.75, 3.05) is 13.7 Å². The van der Waals surface area contributed by atoms with Crippen molar-refractivity contribution >= 4 is 15.9 Å². The number of nitrogens with zero attached hydrogens (tertiary/aromatic N) is 2. The van der Waals surface area contributed by atoms with Gasteiger partial charge in [-0.2, -0.15) is 5.10 Å². The highest BCUT2D eigenvalue weighted by molar-refractivity contribution is 9.10. The molecule has 1 unspecified atom stereocenters. The molecule has 0 saturated carbocycles. The van der Waals surface area contributed by atoms with Gasteiger partial charge in [-0.25, -0.2) is 0 Å². The number of halogens is 1. The molecule has 1 atom stereocenters. The van der Waals surface area contributed by atoms with E-state index in [1.165, 1.54) is 11.1 Å². The van der Waals surface area contributed by atoms with Gasteiger partial charge < -0.3 is 4.74 Å². The number of hydrazine groups is 1. The van der Waals surface area contributed by atoms with E-state index >= 15 is 0 Å². The van der Waals surface area contributed by atoms with E-state index in [-0.39, 0.29) is 6.04 Å². The fourth-order valence-electron chi connectivity index (χ4n) is 2.27. The van der Waals surface area contributed by atoms with Gasteiger partial charge >= 0.3 is 0 Å². The molecule has 5 nitrogen and oxygen atoms in total. The lowest BCUT2D eigenvalue weighted by molar-refractivity contribution is 0.181. The van der Waals surface area contributed by atoms with Crippen LogP contribution in [0.25, 0.3) is 0 Å². The minimum absolute atomic E-state index is 0.0126. The molecule has 0 aliphatic carbocycles. The first-order chi connectivity index (χ1) is 10.2. The molecule has 114 valence electrons. The van der Waals surface area contributed by atoms with E-state index < -0.39 is 0 Å². The summed E-state index contributed by atoms with van der Waals surface area (Å²) < 4.78 is 8.00. The Kier molecular flexibility index (Phi) is 5.93. The van der Waals surface area contributed by atoms with Gasteiger partial charge in [-0.15, -0.1) is 0 Å². The minimum Gasteiger partial charge on any atom is -0.383 e. The van der Waals surface area contributed by atoms with E-state index in [4.69, 9.17) is 10.6 Å². The van der Waals surface area contributed by atoms with Crippen molar-refractivity contribution in [1.82, 2.24) is 15.2 Å². The predicted octanol–water partition coefficient (Wildman–Crippen LogP) is 2.35. The Morgan fingerprint density at radius 2 is 2.10 bits per heavy atom. The Balaban J connectivity index is 2.20. The van der Waals surface area contributed by atoms with Crippen LogP contribution in [0.1, 0.15) is 22.9 Å². The third kappa shape index (κ3) is 4.14. The zero-order valence-electron chi connectivity index (χ0n) is 12.3. The first-order valence-corrected chi connectivity index (χ1v) is 7.66. The number of benzene rings is 1. The largest absolute Gasteiger partial charge is 0.383 e.